The van der Waals surface area contributed by atoms with E-state index in [1.807, 2.05) is 12.1 Å². The number of pyridine rings is 2. The highest BCUT2D eigenvalue weighted by Gasteiger charge is 2.28. The van der Waals surface area contributed by atoms with Gasteiger partial charge >= 0.3 is 5.69 Å². The summed E-state index contributed by atoms with van der Waals surface area (Å²) in [6.07, 6.45) is 3.00. The van der Waals surface area contributed by atoms with Crippen LogP contribution in [0.25, 0.3) is 27.8 Å². The van der Waals surface area contributed by atoms with E-state index in [9.17, 15) is 9.18 Å². The van der Waals surface area contributed by atoms with Crippen LogP contribution in [0.3, 0.4) is 0 Å². The zero-order valence-electron chi connectivity index (χ0n) is 18.1. The summed E-state index contributed by atoms with van der Waals surface area (Å²) in [5.41, 5.74) is 8.71. The van der Waals surface area contributed by atoms with Gasteiger partial charge in [-0.3, -0.25) is 20.4 Å². The largest absolute Gasteiger partial charge is 0.496 e. The van der Waals surface area contributed by atoms with Crippen molar-refractivity contribution in [2.24, 2.45) is 7.05 Å². The number of nitrogens with one attached hydrogen (secondary N) is 2. The molecule has 0 bridgehead atoms. The van der Waals surface area contributed by atoms with Crippen molar-refractivity contribution in [2.75, 3.05) is 20.8 Å². The van der Waals surface area contributed by atoms with Gasteiger partial charge in [-0.15, -0.1) is 0 Å². The number of ether oxygens (including phenoxy) is 2. The highest BCUT2D eigenvalue weighted by atomic mass is 19.1. The maximum Gasteiger partial charge on any atom is 0.334 e. The molecular formula is C22H23FN6O3. The molecule has 1 aromatic carbocycles. The maximum atomic E-state index is 15.0. The van der Waals surface area contributed by atoms with Gasteiger partial charge in [0.1, 0.15) is 11.5 Å². The zero-order chi connectivity index (χ0) is 22.6. The summed E-state index contributed by atoms with van der Waals surface area (Å²) in [5, 5.41) is 0.715. The summed E-state index contributed by atoms with van der Waals surface area (Å²) in [4.78, 5) is 21.9. The van der Waals surface area contributed by atoms with Gasteiger partial charge in [-0.1, -0.05) is 0 Å². The first-order valence-electron chi connectivity index (χ1n) is 10.2. The van der Waals surface area contributed by atoms with Crippen molar-refractivity contribution in [1.82, 2.24) is 30.0 Å². The van der Waals surface area contributed by atoms with Crippen LogP contribution in [0.15, 0.2) is 35.4 Å². The second-order valence-electron chi connectivity index (χ2n) is 7.88. The van der Waals surface area contributed by atoms with Crippen molar-refractivity contribution >= 4 is 21.9 Å². The number of benzene rings is 1. The minimum absolute atomic E-state index is 0.0937. The van der Waals surface area contributed by atoms with Gasteiger partial charge in [0.25, 0.3) is 0 Å². The van der Waals surface area contributed by atoms with Crippen molar-refractivity contribution in [3.05, 3.63) is 52.5 Å². The van der Waals surface area contributed by atoms with Gasteiger partial charge in [0, 0.05) is 48.6 Å². The lowest BCUT2D eigenvalue weighted by Crippen LogP contribution is -2.28. The van der Waals surface area contributed by atoms with E-state index in [-0.39, 0.29) is 23.5 Å². The first-order chi connectivity index (χ1) is 15.4. The fourth-order valence-electron chi connectivity index (χ4n) is 4.38. The van der Waals surface area contributed by atoms with E-state index in [1.165, 1.54) is 28.5 Å². The number of hydrogen-bond donors (Lipinski definition) is 2. The molecule has 10 heteroatoms. The molecule has 2 N–H and O–H groups in total. The van der Waals surface area contributed by atoms with Crippen molar-refractivity contribution in [3.63, 3.8) is 0 Å². The Bertz CT molecular complexity index is 1410. The Hall–Kier alpha value is -3.50. The molecule has 1 aliphatic rings. The standard InChI is InChI=1S/C22H23FN6O3/c1-11-15(9-26-27-11)13-6-14-17(7-19(13)32-4)24-10-18-20(14)29(22(30)28(18)2)21-16(23)5-12(31-3)8-25-21/h5-8,10-11,15,26-27H,9H2,1-4H3. The van der Waals surface area contributed by atoms with Crippen molar-refractivity contribution in [3.8, 4) is 17.3 Å². The predicted molar refractivity (Wildman–Crippen MR) is 118 cm³/mol. The molecule has 0 saturated carbocycles. The summed E-state index contributed by atoms with van der Waals surface area (Å²) in [6.45, 7) is 2.81. The summed E-state index contributed by atoms with van der Waals surface area (Å²) in [7, 11) is 4.69. The fourth-order valence-corrected chi connectivity index (χ4v) is 4.38. The average Bonchev–Trinajstić information content (AvgIpc) is 3.34. The summed E-state index contributed by atoms with van der Waals surface area (Å²) in [5.74, 6) is 0.377. The van der Waals surface area contributed by atoms with Gasteiger partial charge in [0.05, 0.1) is 43.2 Å². The van der Waals surface area contributed by atoms with Crippen LogP contribution >= 0.6 is 0 Å². The van der Waals surface area contributed by atoms with E-state index in [1.54, 1.807) is 20.4 Å². The fraction of sp³-hybridized carbons (Fsp3) is 0.318. The topological polar surface area (TPSA) is 95.2 Å². The second kappa shape index (κ2) is 7.57. The molecule has 4 aromatic rings. The Labute approximate surface area is 182 Å². The molecule has 1 aliphatic heterocycles. The smallest absolute Gasteiger partial charge is 0.334 e. The number of nitrogens with zero attached hydrogens (tertiary/aromatic N) is 4. The predicted octanol–water partition coefficient (Wildman–Crippen LogP) is 2.01. The number of aryl methyl sites for hydroxylation is 1. The van der Waals surface area contributed by atoms with Gasteiger partial charge in [0.15, 0.2) is 11.6 Å². The van der Waals surface area contributed by atoms with Gasteiger partial charge in [-0.25, -0.2) is 18.7 Å². The Morgan fingerprint density at radius 1 is 1.16 bits per heavy atom. The van der Waals surface area contributed by atoms with Crippen LogP contribution < -0.4 is 26.0 Å². The van der Waals surface area contributed by atoms with E-state index in [4.69, 9.17) is 9.47 Å². The SMILES string of the molecule is COc1cnc(-n2c(=O)n(C)c3cnc4cc(OC)c(C5CNNC5C)cc4c32)c(F)c1. The van der Waals surface area contributed by atoms with Crippen molar-refractivity contribution < 1.29 is 13.9 Å². The van der Waals surface area contributed by atoms with Crippen LogP contribution in [0.4, 0.5) is 4.39 Å². The molecular weight excluding hydrogens is 415 g/mol. The molecule has 32 heavy (non-hydrogen) atoms. The van der Waals surface area contributed by atoms with Crippen LogP contribution in [-0.2, 0) is 7.05 Å². The lowest BCUT2D eigenvalue weighted by atomic mass is 9.92. The van der Waals surface area contributed by atoms with Crippen molar-refractivity contribution in [1.29, 1.82) is 0 Å². The minimum Gasteiger partial charge on any atom is -0.496 e. The Balaban J connectivity index is 1.86. The number of hydrogen-bond acceptors (Lipinski definition) is 7. The molecule has 0 amide bonds. The highest BCUT2D eigenvalue weighted by Crippen LogP contribution is 2.36. The highest BCUT2D eigenvalue weighted by molar-refractivity contribution is 6.04. The summed E-state index contributed by atoms with van der Waals surface area (Å²) in [6, 6.07) is 5.22. The monoisotopic (exact) mass is 438 g/mol. The number of methoxy groups -OCH3 is 2. The number of aromatic nitrogens is 4. The molecule has 0 aliphatic carbocycles. The molecule has 166 valence electrons. The normalized spacial score (nSPS) is 18.5. The van der Waals surface area contributed by atoms with Gasteiger partial charge < -0.3 is 9.47 Å². The molecule has 1 saturated heterocycles. The van der Waals surface area contributed by atoms with E-state index >= 15 is 0 Å². The minimum atomic E-state index is -0.657. The number of fused-ring (bicyclic) bond motifs is 3. The molecule has 5 rings (SSSR count). The molecule has 1 fully saturated rings. The molecule has 0 spiro atoms. The maximum absolute atomic E-state index is 15.0. The van der Waals surface area contributed by atoms with Crippen LogP contribution in [0.5, 0.6) is 11.5 Å². The lowest BCUT2D eigenvalue weighted by molar-refractivity contribution is 0.405. The van der Waals surface area contributed by atoms with E-state index in [0.29, 0.717) is 27.7 Å². The number of rotatable bonds is 4. The molecule has 2 atom stereocenters. The van der Waals surface area contributed by atoms with Gasteiger partial charge in [-0.05, 0) is 13.0 Å². The third-order valence-corrected chi connectivity index (χ3v) is 6.13. The van der Waals surface area contributed by atoms with Crippen LogP contribution in [-0.4, -0.2) is 45.9 Å². The van der Waals surface area contributed by atoms with Crippen molar-refractivity contribution in [2.45, 2.75) is 18.9 Å². The first kappa shape index (κ1) is 20.4. The number of imidazole rings is 1. The Morgan fingerprint density at radius 3 is 2.62 bits per heavy atom. The average molecular weight is 438 g/mol. The number of halogens is 1. The van der Waals surface area contributed by atoms with E-state index < -0.39 is 11.5 Å². The summed E-state index contributed by atoms with van der Waals surface area (Å²) >= 11 is 0. The molecule has 0 radical (unpaired) electrons. The van der Waals surface area contributed by atoms with E-state index in [0.717, 1.165) is 12.1 Å². The quantitative estimate of drug-likeness (QED) is 0.503. The Morgan fingerprint density at radius 2 is 1.97 bits per heavy atom. The van der Waals surface area contributed by atoms with Crippen LogP contribution in [0, 0.1) is 5.82 Å². The molecule has 3 aromatic heterocycles. The Kier molecular flexibility index (Phi) is 4.83. The van der Waals surface area contributed by atoms with Gasteiger partial charge in [0.2, 0.25) is 0 Å². The molecule has 2 unspecified atom stereocenters. The first-order valence-corrected chi connectivity index (χ1v) is 10.2. The molecule has 9 nitrogen and oxygen atoms in total. The van der Waals surface area contributed by atoms with Gasteiger partial charge in [-0.2, -0.15) is 0 Å². The summed E-state index contributed by atoms with van der Waals surface area (Å²) < 4.78 is 28.4. The van der Waals surface area contributed by atoms with Crippen LogP contribution in [0.1, 0.15) is 18.4 Å². The second-order valence-corrected chi connectivity index (χ2v) is 7.88. The molecule has 4 heterocycles. The lowest BCUT2D eigenvalue weighted by Gasteiger charge is -2.19. The number of hydrazine groups is 1. The van der Waals surface area contributed by atoms with Crippen LogP contribution in [0.2, 0.25) is 0 Å². The third kappa shape index (κ3) is 2.94. The third-order valence-electron chi connectivity index (χ3n) is 6.13. The zero-order valence-corrected chi connectivity index (χ0v) is 18.1. The van der Waals surface area contributed by atoms with E-state index in [2.05, 4.69) is 27.7 Å².